The zero-order valence-corrected chi connectivity index (χ0v) is 12.4. The molecule has 0 unspecified atom stereocenters. The molecule has 0 fully saturated rings. The van der Waals surface area contributed by atoms with Crippen molar-refractivity contribution in [1.29, 1.82) is 0 Å². The van der Waals surface area contributed by atoms with Gasteiger partial charge in [0.25, 0.3) is 5.56 Å². The highest BCUT2D eigenvalue weighted by atomic mass is 19.1. The van der Waals surface area contributed by atoms with Gasteiger partial charge < -0.3 is 4.42 Å². The Morgan fingerprint density at radius 1 is 1.08 bits per heavy atom. The average Bonchev–Trinajstić information content (AvgIpc) is 3.07. The third-order valence-corrected chi connectivity index (χ3v) is 3.58. The van der Waals surface area contributed by atoms with Gasteiger partial charge in [0.1, 0.15) is 23.3 Å². The van der Waals surface area contributed by atoms with Gasteiger partial charge in [0.15, 0.2) is 0 Å². The summed E-state index contributed by atoms with van der Waals surface area (Å²) in [5.74, 6) is 0.0234. The van der Waals surface area contributed by atoms with Crippen molar-refractivity contribution in [2.24, 2.45) is 0 Å². The van der Waals surface area contributed by atoms with Gasteiger partial charge in [-0.05, 0) is 36.4 Å². The minimum Gasteiger partial charge on any atom is -0.444 e. The van der Waals surface area contributed by atoms with Crippen LogP contribution in [0.3, 0.4) is 0 Å². The summed E-state index contributed by atoms with van der Waals surface area (Å²) in [6.45, 7) is 0.140. The Morgan fingerprint density at radius 3 is 2.71 bits per heavy atom. The average molecular weight is 322 g/mol. The molecule has 0 aliphatic rings. The Kier molecular flexibility index (Phi) is 3.38. The fraction of sp³-hybridized carbons (Fsp3) is 0.0588. The third-order valence-electron chi connectivity index (χ3n) is 3.58. The van der Waals surface area contributed by atoms with Gasteiger partial charge >= 0.3 is 0 Å². The van der Waals surface area contributed by atoms with Gasteiger partial charge in [-0.1, -0.05) is 17.3 Å². The first-order valence-corrected chi connectivity index (χ1v) is 7.23. The van der Waals surface area contributed by atoms with E-state index in [9.17, 15) is 9.18 Å². The number of fused-ring (bicyclic) bond motifs is 1. The minimum absolute atomic E-state index is 0.140. The number of hydrogen-bond donors (Lipinski definition) is 0. The smallest absolute Gasteiger partial charge is 0.277 e. The van der Waals surface area contributed by atoms with Crippen LogP contribution >= 0.6 is 0 Å². The summed E-state index contributed by atoms with van der Waals surface area (Å²) in [5.41, 5.74) is 1.48. The lowest BCUT2D eigenvalue weighted by molar-refractivity contribution is 0.562. The number of benzene rings is 2. The van der Waals surface area contributed by atoms with Crippen LogP contribution in [0.4, 0.5) is 4.39 Å². The Bertz CT molecular complexity index is 1070. The quantitative estimate of drug-likeness (QED) is 0.580. The van der Waals surface area contributed by atoms with E-state index in [1.165, 1.54) is 23.1 Å². The largest absolute Gasteiger partial charge is 0.444 e. The molecule has 24 heavy (non-hydrogen) atoms. The van der Waals surface area contributed by atoms with Gasteiger partial charge in [-0.2, -0.15) is 0 Å². The maximum absolute atomic E-state index is 13.0. The highest BCUT2D eigenvalue weighted by Gasteiger charge is 2.10. The molecule has 2 aromatic carbocycles. The predicted octanol–water partition coefficient (Wildman–Crippen LogP) is 2.63. The van der Waals surface area contributed by atoms with E-state index in [0.717, 1.165) is 0 Å². The van der Waals surface area contributed by atoms with Crippen LogP contribution in [0.25, 0.3) is 22.4 Å². The zero-order valence-electron chi connectivity index (χ0n) is 12.4. The second-order valence-electron chi connectivity index (χ2n) is 5.22. The van der Waals surface area contributed by atoms with E-state index in [2.05, 4.69) is 15.3 Å². The van der Waals surface area contributed by atoms with Crippen LogP contribution in [-0.2, 0) is 6.54 Å². The van der Waals surface area contributed by atoms with Crippen molar-refractivity contribution in [2.45, 2.75) is 6.54 Å². The Hall–Kier alpha value is -3.35. The molecule has 118 valence electrons. The topological polar surface area (TPSA) is 73.8 Å². The summed E-state index contributed by atoms with van der Waals surface area (Å²) in [6, 6.07) is 12.8. The molecule has 6 nitrogen and oxygen atoms in total. The van der Waals surface area contributed by atoms with Crippen molar-refractivity contribution in [2.75, 3.05) is 0 Å². The molecular formula is C17H11FN4O2. The van der Waals surface area contributed by atoms with Crippen molar-refractivity contribution < 1.29 is 8.81 Å². The molecule has 2 heterocycles. The first-order chi connectivity index (χ1) is 11.7. The number of rotatable bonds is 3. The molecule has 0 aliphatic carbocycles. The maximum atomic E-state index is 13.0. The molecule has 4 rings (SSSR count). The van der Waals surface area contributed by atoms with Gasteiger partial charge in [-0.3, -0.25) is 4.79 Å². The number of hydrogen-bond acceptors (Lipinski definition) is 5. The first-order valence-electron chi connectivity index (χ1n) is 7.23. The van der Waals surface area contributed by atoms with E-state index in [1.807, 2.05) is 0 Å². The zero-order chi connectivity index (χ0) is 16.5. The number of oxazole rings is 1. The molecule has 7 heteroatoms. The van der Waals surface area contributed by atoms with Gasteiger partial charge in [-0.15, -0.1) is 5.10 Å². The van der Waals surface area contributed by atoms with Crippen molar-refractivity contribution in [1.82, 2.24) is 20.0 Å². The summed E-state index contributed by atoms with van der Waals surface area (Å²) >= 11 is 0. The molecule has 2 aromatic heterocycles. The molecule has 0 atom stereocenters. The van der Waals surface area contributed by atoms with Crippen LogP contribution in [0.2, 0.25) is 0 Å². The molecule has 0 amide bonds. The fourth-order valence-corrected chi connectivity index (χ4v) is 2.39. The molecule has 0 radical (unpaired) electrons. The molecule has 0 bridgehead atoms. The monoisotopic (exact) mass is 322 g/mol. The van der Waals surface area contributed by atoms with Crippen molar-refractivity contribution in [3.8, 4) is 11.5 Å². The van der Waals surface area contributed by atoms with Crippen LogP contribution in [0.15, 0.2) is 64.0 Å². The summed E-state index contributed by atoms with van der Waals surface area (Å²) in [6.07, 6.45) is 1.45. The number of halogens is 1. The summed E-state index contributed by atoms with van der Waals surface area (Å²) in [5, 5.41) is 8.44. The normalized spacial score (nSPS) is 11.0. The molecule has 0 saturated heterocycles. The van der Waals surface area contributed by atoms with E-state index in [1.54, 1.807) is 36.4 Å². The van der Waals surface area contributed by atoms with Crippen LogP contribution in [-0.4, -0.2) is 20.0 Å². The van der Waals surface area contributed by atoms with E-state index in [0.29, 0.717) is 28.1 Å². The Balaban J connectivity index is 1.66. The minimum atomic E-state index is -0.330. The van der Waals surface area contributed by atoms with Gasteiger partial charge in [-0.25, -0.2) is 14.1 Å². The second kappa shape index (κ2) is 5.69. The maximum Gasteiger partial charge on any atom is 0.277 e. The summed E-state index contributed by atoms with van der Waals surface area (Å²) in [4.78, 5) is 16.7. The SMILES string of the molecule is O=c1c2ccccc2nnn1Cc1coc(-c2ccc(F)cc2)n1. The summed E-state index contributed by atoms with van der Waals surface area (Å²) < 4.78 is 19.6. The number of aromatic nitrogens is 4. The van der Waals surface area contributed by atoms with E-state index in [-0.39, 0.29) is 17.9 Å². The van der Waals surface area contributed by atoms with Crippen LogP contribution in [0.5, 0.6) is 0 Å². The number of nitrogens with zero attached hydrogens (tertiary/aromatic N) is 4. The Morgan fingerprint density at radius 2 is 1.88 bits per heavy atom. The van der Waals surface area contributed by atoms with E-state index < -0.39 is 0 Å². The standard InChI is InChI=1S/C17H11FN4O2/c18-12-7-5-11(6-8-12)16-19-13(10-24-16)9-22-17(23)14-3-1-2-4-15(14)20-21-22/h1-8,10H,9H2. The van der Waals surface area contributed by atoms with Crippen molar-refractivity contribution >= 4 is 10.9 Å². The lowest BCUT2D eigenvalue weighted by Gasteiger charge is -2.01. The lowest BCUT2D eigenvalue weighted by Crippen LogP contribution is -2.24. The molecule has 0 N–H and O–H groups in total. The highest BCUT2D eigenvalue weighted by molar-refractivity contribution is 5.76. The van der Waals surface area contributed by atoms with Crippen molar-refractivity contribution in [3.05, 3.63) is 76.7 Å². The van der Waals surface area contributed by atoms with Crippen molar-refractivity contribution in [3.63, 3.8) is 0 Å². The second-order valence-corrected chi connectivity index (χ2v) is 5.22. The molecule has 0 spiro atoms. The van der Waals surface area contributed by atoms with E-state index in [4.69, 9.17) is 4.42 Å². The fourth-order valence-electron chi connectivity index (χ4n) is 2.39. The van der Waals surface area contributed by atoms with Gasteiger partial charge in [0.05, 0.1) is 11.9 Å². The van der Waals surface area contributed by atoms with Crippen LogP contribution in [0, 0.1) is 5.82 Å². The highest BCUT2D eigenvalue weighted by Crippen LogP contribution is 2.19. The Labute approximate surface area is 135 Å². The first kappa shape index (κ1) is 14.3. The molecular weight excluding hydrogens is 311 g/mol. The molecule has 4 aromatic rings. The lowest BCUT2D eigenvalue weighted by atomic mass is 10.2. The summed E-state index contributed by atoms with van der Waals surface area (Å²) in [7, 11) is 0. The van der Waals surface area contributed by atoms with Gasteiger partial charge in [0, 0.05) is 5.56 Å². The molecule has 0 saturated carbocycles. The van der Waals surface area contributed by atoms with Gasteiger partial charge in [0.2, 0.25) is 5.89 Å². The van der Waals surface area contributed by atoms with Crippen LogP contribution in [0.1, 0.15) is 5.69 Å². The van der Waals surface area contributed by atoms with Crippen LogP contribution < -0.4 is 5.56 Å². The third kappa shape index (κ3) is 2.56. The predicted molar refractivity (Wildman–Crippen MR) is 84.8 cm³/mol. The van der Waals surface area contributed by atoms with E-state index >= 15 is 0 Å². The molecule has 0 aliphatic heterocycles.